The van der Waals surface area contributed by atoms with Crippen molar-refractivity contribution < 1.29 is 23.1 Å². The van der Waals surface area contributed by atoms with Crippen LogP contribution in [0.5, 0.6) is 11.5 Å². The summed E-state index contributed by atoms with van der Waals surface area (Å²) < 4.78 is 21.9. The molecule has 9 nitrogen and oxygen atoms in total. The number of nitrogens with zero attached hydrogens (tertiary/aromatic N) is 4. The van der Waals surface area contributed by atoms with Crippen LogP contribution < -0.4 is 14.4 Å². The molecule has 2 aromatic heterocycles. The van der Waals surface area contributed by atoms with E-state index in [2.05, 4.69) is 11.1 Å². The third-order valence-corrected chi connectivity index (χ3v) is 5.30. The second kappa shape index (κ2) is 8.44. The highest BCUT2D eigenvalue weighted by Gasteiger charge is 2.28. The van der Waals surface area contributed by atoms with E-state index in [4.69, 9.17) is 18.3 Å². The number of methoxy groups -OCH3 is 2. The molecule has 1 aliphatic rings. The van der Waals surface area contributed by atoms with E-state index in [1.165, 1.54) is 6.26 Å². The van der Waals surface area contributed by atoms with Crippen molar-refractivity contribution in [1.29, 1.82) is 5.26 Å². The Kier molecular flexibility index (Phi) is 5.54. The van der Waals surface area contributed by atoms with Crippen molar-refractivity contribution in [2.75, 3.05) is 45.3 Å². The third-order valence-electron chi connectivity index (χ3n) is 5.30. The molecule has 3 aromatic rings. The Hall–Kier alpha value is -3.93. The Bertz CT molecular complexity index is 1100. The lowest BCUT2D eigenvalue weighted by Gasteiger charge is -2.34. The topological polar surface area (TPSA) is 105 Å². The van der Waals surface area contributed by atoms with E-state index in [9.17, 15) is 10.1 Å². The lowest BCUT2D eigenvalue weighted by atomic mass is 10.1. The van der Waals surface area contributed by atoms with Crippen LogP contribution in [0.3, 0.4) is 0 Å². The normalized spacial score (nSPS) is 13.7. The van der Waals surface area contributed by atoms with Crippen LogP contribution >= 0.6 is 0 Å². The monoisotopic (exact) mass is 422 g/mol. The Labute approximate surface area is 179 Å². The van der Waals surface area contributed by atoms with Crippen LogP contribution in [0.1, 0.15) is 21.6 Å². The van der Waals surface area contributed by atoms with Crippen LogP contribution in [-0.2, 0) is 0 Å². The third kappa shape index (κ3) is 3.80. The summed E-state index contributed by atoms with van der Waals surface area (Å²) in [7, 11) is 3.13. The van der Waals surface area contributed by atoms with Gasteiger partial charge in [-0.25, -0.2) is 0 Å². The quantitative estimate of drug-likeness (QED) is 0.618. The van der Waals surface area contributed by atoms with E-state index >= 15 is 0 Å². The Balaban J connectivity index is 1.49. The molecule has 4 rings (SSSR count). The summed E-state index contributed by atoms with van der Waals surface area (Å²) >= 11 is 0. The van der Waals surface area contributed by atoms with Crippen LogP contribution in [0.2, 0.25) is 0 Å². The first-order valence-corrected chi connectivity index (χ1v) is 9.77. The zero-order valence-electron chi connectivity index (χ0n) is 17.5. The van der Waals surface area contributed by atoms with E-state index in [1.807, 2.05) is 11.8 Å². The van der Waals surface area contributed by atoms with Gasteiger partial charge in [0.2, 0.25) is 11.6 Å². The van der Waals surface area contributed by atoms with E-state index < -0.39 is 0 Å². The summed E-state index contributed by atoms with van der Waals surface area (Å²) in [4.78, 5) is 21.0. The first kappa shape index (κ1) is 20.3. The number of hydrogen-bond donors (Lipinski definition) is 0. The molecule has 160 valence electrons. The summed E-state index contributed by atoms with van der Waals surface area (Å²) in [5, 5.41) is 9.45. The standard InChI is InChI=1S/C22H22N4O5/c1-14-18(28-2)11-15(12-19(14)29-3)21(27)25-6-8-26(9-7-25)22-16(13-23)24-20(31-22)17-5-4-10-30-17/h4-5,10-12H,6-9H2,1-3H3. The molecule has 31 heavy (non-hydrogen) atoms. The number of furan rings is 1. The summed E-state index contributed by atoms with van der Waals surface area (Å²) in [6.45, 7) is 3.84. The predicted octanol–water partition coefficient (Wildman–Crippen LogP) is 3.09. The van der Waals surface area contributed by atoms with Crippen molar-refractivity contribution >= 4 is 11.8 Å². The summed E-state index contributed by atoms with van der Waals surface area (Å²) in [6, 6.07) is 8.97. The van der Waals surface area contributed by atoms with Gasteiger partial charge in [-0.05, 0) is 31.2 Å². The zero-order chi connectivity index (χ0) is 22.0. The molecule has 0 aliphatic carbocycles. The van der Waals surface area contributed by atoms with E-state index in [0.717, 1.165) is 5.56 Å². The predicted molar refractivity (Wildman–Crippen MR) is 111 cm³/mol. The summed E-state index contributed by atoms with van der Waals surface area (Å²) in [5.74, 6) is 2.21. The molecule has 9 heteroatoms. The molecule has 0 atom stereocenters. The molecule has 0 bridgehead atoms. The van der Waals surface area contributed by atoms with Crippen molar-refractivity contribution in [3.63, 3.8) is 0 Å². The Morgan fingerprint density at radius 1 is 1.16 bits per heavy atom. The molecule has 0 N–H and O–H groups in total. The minimum absolute atomic E-state index is 0.106. The maximum Gasteiger partial charge on any atom is 0.266 e. The van der Waals surface area contributed by atoms with Gasteiger partial charge in [-0.1, -0.05) is 0 Å². The van der Waals surface area contributed by atoms with Gasteiger partial charge in [0.25, 0.3) is 11.8 Å². The molecular formula is C22H22N4O5. The fourth-order valence-electron chi connectivity index (χ4n) is 3.61. The molecular weight excluding hydrogens is 400 g/mol. The number of benzene rings is 1. The summed E-state index contributed by atoms with van der Waals surface area (Å²) in [6.07, 6.45) is 1.52. The zero-order valence-corrected chi connectivity index (χ0v) is 17.5. The van der Waals surface area contributed by atoms with Gasteiger partial charge in [-0.15, -0.1) is 0 Å². The van der Waals surface area contributed by atoms with Crippen LogP contribution in [-0.4, -0.2) is 56.2 Å². The number of ether oxygens (including phenoxy) is 2. The second-order valence-corrected chi connectivity index (χ2v) is 7.05. The molecule has 0 radical (unpaired) electrons. The Morgan fingerprint density at radius 2 is 1.84 bits per heavy atom. The van der Waals surface area contributed by atoms with Crippen molar-refractivity contribution in [3.05, 3.63) is 47.3 Å². The minimum Gasteiger partial charge on any atom is -0.496 e. The highest BCUT2D eigenvalue weighted by Crippen LogP contribution is 2.31. The molecule has 0 unspecified atom stereocenters. The second-order valence-electron chi connectivity index (χ2n) is 7.05. The number of oxazole rings is 1. The fraction of sp³-hybridized carbons (Fsp3) is 0.318. The van der Waals surface area contributed by atoms with Crippen molar-refractivity contribution in [2.24, 2.45) is 0 Å². The largest absolute Gasteiger partial charge is 0.496 e. The first-order valence-electron chi connectivity index (χ1n) is 9.77. The number of amides is 1. The van der Waals surface area contributed by atoms with Crippen molar-refractivity contribution in [1.82, 2.24) is 9.88 Å². The van der Waals surface area contributed by atoms with Gasteiger partial charge >= 0.3 is 0 Å². The van der Waals surface area contributed by atoms with Crippen molar-refractivity contribution in [3.8, 4) is 29.2 Å². The smallest absolute Gasteiger partial charge is 0.266 e. The number of nitriles is 1. The summed E-state index contributed by atoms with van der Waals surface area (Å²) in [5.41, 5.74) is 1.54. The molecule has 0 saturated carbocycles. The van der Waals surface area contributed by atoms with E-state index in [-0.39, 0.29) is 17.5 Å². The highest BCUT2D eigenvalue weighted by molar-refractivity contribution is 5.95. The van der Waals surface area contributed by atoms with Crippen LogP contribution in [0, 0.1) is 18.3 Å². The number of piperazine rings is 1. The van der Waals surface area contributed by atoms with Gasteiger partial charge in [0.05, 0.1) is 20.5 Å². The van der Waals surface area contributed by atoms with Gasteiger partial charge in [0.1, 0.15) is 17.6 Å². The van der Waals surface area contributed by atoms with Gasteiger partial charge in [-0.2, -0.15) is 10.2 Å². The average Bonchev–Trinajstić information content (AvgIpc) is 3.48. The molecule has 1 fully saturated rings. The SMILES string of the molecule is COc1cc(C(=O)N2CCN(c3oc(-c4ccco4)nc3C#N)CC2)cc(OC)c1C. The van der Waals surface area contributed by atoms with Gasteiger partial charge in [-0.3, -0.25) is 4.79 Å². The number of carbonyl (C=O) groups excluding carboxylic acids is 1. The maximum atomic E-state index is 13.1. The molecule has 1 saturated heterocycles. The first-order chi connectivity index (χ1) is 15.0. The van der Waals surface area contributed by atoms with Gasteiger partial charge < -0.3 is 28.1 Å². The lowest BCUT2D eigenvalue weighted by Crippen LogP contribution is -2.48. The highest BCUT2D eigenvalue weighted by atomic mass is 16.5. The minimum atomic E-state index is -0.106. The molecule has 1 aromatic carbocycles. The lowest BCUT2D eigenvalue weighted by molar-refractivity contribution is 0.0744. The average molecular weight is 422 g/mol. The van der Waals surface area contributed by atoms with Gasteiger partial charge in [0, 0.05) is 37.3 Å². The number of anilines is 1. The van der Waals surface area contributed by atoms with E-state index in [1.54, 1.807) is 43.4 Å². The number of carbonyl (C=O) groups is 1. The molecule has 1 aliphatic heterocycles. The number of rotatable bonds is 5. The van der Waals surface area contributed by atoms with Crippen LogP contribution in [0.15, 0.2) is 39.4 Å². The molecule has 0 spiro atoms. The number of aromatic nitrogens is 1. The molecule has 3 heterocycles. The van der Waals surface area contributed by atoms with Gasteiger partial charge in [0.15, 0.2) is 5.76 Å². The van der Waals surface area contributed by atoms with Crippen LogP contribution in [0.4, 0.5) is 5.88 Å². The maximum absolute atomic E-state index is 13.1. The fourth-order valence-corrected chi connectivity index (χ4v) is 3.61. The molecule has 1 amide bonds. The van der Waals surface area contributed by atoms with E-state index in [0.29, 0.717) is 54.9 Å². The van der Waals surface area contributed by atoms with Crippen molar-refractivity contribution in [2.45, 2.75) is 6.92 Å². The number of hydrogen-bond acceptors (Lipinski definition) is 8. The Morgan fingerprint density at radius 3 is 2.39 bits per heavy atom. The van der Waals surface area contributed by atoms with Crippen LogP contribution in [0.25, 0.3) is 11.7 Å².